The van der Waals surface area contributed by atoms with Gasteiger partial charge in [0.2, 0.25) is 0 Å². The summed E-state index contributed by atoms with van der Waals surface area (Å²) in [5.74, 6) is 0. The maximum Gasteiger partial charge on any atom is 0 e. The summed E-state index contributed by atoms with van der Waals surface area (Å²) in [7, 11) is 3.31. The summed E-state index contributed by atoms with van der Waals surface area (Å²) in [6.07, 6.45) is 1.10. The van der Waals surface area contributed by atoms with Crippen molar-refractivity contribution in [3.8, 4) is 0 Å². The van der Waals surface area contributed by atoms with Crippen LogP contribution in [0.3, 0.4) is 0 Å². The average molecular weight is 443 g/mol. The van der Waals surface area contributed by atoms with Crippen LogP contribution < -0.4 is 21.2 Å². The molecule has 158 valence electrons. The van der Waals surface area contributed by atoms with Crippen molar-refractivity contribution in [2.24, 2.45) is 0 Å². The van der Waals surface area contributed by atoms with E-state index in [2.05, 4.69) is 91.1 Å². The molecular weight excluding hydrogens is 413 g/mol. The van der Waals surface area contributed by atoms with Gasteiger partial charge < -0.3 is 35.6 Å². The van der Waals surface area contributed by atoms with Gasteiger partial charge in [0.25, 0.3) is 0 Å². The summed E-state index contributed by atoms with van der Waals surface area (Å²) in [6.45, 7) is 2.24. The zero-order chi connectivity index (χ0) is 20.0. The number of aryl methyl sites for hydroxylation is 1. The van der Waals surface area contributed by atoms with E-state index < -0.39 is 7.92 Å². The quantitative estimate of drug-likeness (QED) is 0.267. The van der Waals surface area contributed by atoms with Crippen LogP contribution in [0.15, 0.2) is 109 Å². The molecule has 0 atom stereocenters. The predicted molar refractivity (Wildman–Crippen MR) is 127 cm³/mol. The van der Waals surface area contributed by atoms with E-state index in [-0.39, 0.29) is 17.1 Å². The summed E-state index contributed by atoms with van der Waals surface area (Å²) < 4.78 is 0. The molecule has 0 spiro atoms. The van der Waals surface area contributed by atoms with Crippen LogP contribution in [-0.4, -0.2) is 14.1 Å². The second-order valence-corrected chi connectivity index (χ2v) is 8.44. The topological polar surface area (TPSA) is 12.0 Å². The van der Waals surface area contributed by atoms with Gasteiger partial charge in [0.15, 0.2) is 0 Å². The van der Waals surface area contributed by atoms with E-state index in [1.165, 1.54) is 21.5 Å². The first-order chi connectivity index (χ1) is 13.8. The van der Waals surface area contributed by atoms with Crippen molar-refractivity contribution in [2.45, 2.75) is 13.3 Å². The van der Waals surface area contributed by atoms with Gasteiger partial charge in [-0.15, -0.1) is 10.9 Å². The Bertz CT molecular complexity index is 797. The molecule has 4 rings (SSSR count). The molecule has 29 heavy (non-hydrogen) atoms. The zero-order valence-electron chi connectivity index (χ0n) is 17.4. The fourth-order valence-electron chi connectivity index (χ4n) is 2.87. The SMILES string of the molecule is CC[c-]1cccc1P(c1ccccc1)c1ccccc1.CNC.[Fe].[cH-]1[cH-][cH-][cH-][cH-]1. The Morgan fingerprint density at radius 1 is 0.724 bits per heavy atom. The first-order valence-corrected chi connectivity index (χ1v) is 11.1. The molecule has 0 aliphatic carbocycles. The van der Waals surface area contributed by atoms with Gasteiger partial charge in [0.05, 0.1) is 0 Å². The first-order valence-electron chi connectivity index (χ1n) is 9.71. The van der Waals surface area contributed by atoms with Gasteiger partial charge in [0, 0.05) is 17.1 Å². The molecule has 0 saturated heterocycles. The Hall–Kier alpha value is -1.95. The fraction of sp³-hybridized carbons (Fsp3) is 0.154. The number of hydrogen-bond acceptors (Lipinski definition) is 1. The van der Waals surface area contributed by atoms with E-state index in [4.69, 9.17) is 0 Å². The molecule has 0 bridgehead atoms. The van der Waals surface area contributed by atoms with Crippen molar-refractivity contribution in [3.05, 3.63) is 115 Å². The first kappa shape index (κ1) is 25.1. The average Bonchev–Trinajstić information content (AvgIpc) is 3.46. The van der Waals surface area contributed by atoms with Gasteiger partial charge in [-0.1, -0.05) is 74.0 Å². The normalized spacial score (nSPS) is 9.52. The number of rotatable bonds is 4. The molecule has 1 N–H and O–H groups in total. The molecule has 1 nitrogen and oxygen atoms in total. The van der Waals surface area contributed by atoms with Crippen LogP contribution in [-0.2, 0) is 23.5 Å². The third-order valence-corrected chi connectivity index (χ3v) is 6.63. The molecule has 0 aromatic heterocycles. The Morgan fingerprint density at radius 3 is 1.52 bits per heavy atom. The molecule has 3 heteroatoms. The second-order valence-electron chi connectivity index (χ2n) is 6.26. The Balaban J connectivity index is 0.000000396. The minimum Gasteiger partial charge on any atom is -0.748 e. The molecular formula is C26H30FeNP-6. The van der Waals surface area contributed by atoms with Crippen molar-refractivity contribution in [1.29, 1.82) is 0 Å². The molecule has 0 amide bonds. The van der Waals surface area contributed by atoms with Crippen molar-refractivity contribution in [2.75, 3.05) is 14.1 Å². The number of hydrogen-bond donors (Lipinski definition) is 1. The smallest absolute Gasteiger partial charge is 0 e. The van der Waals surface area contributed by atoms with Crippen LogP contribution >= 0.6 is 7.92 Å². The van der Waals surface area contributed by atoms with Crippen LogP contribution in [0.25, 0.3) is 0 Å². The second kappa shape index (κ2) is 15.0. The maximum absolute atomic E-state index is 2.75. The molecule has 0 unspecified atom stereocenters. The molecule has 0 radical (unpaired) electrons. The summed E-state index contributed by atoms with van der Waals surface area (Å²) in [5, 5.41) is 7.10. The van der Waals surface area contributed by atoms with E-state index in [0.717, 1.165) is 6.42 Å². The minimum atomic E-state index is -0.436. The molecule has 4 aromatic rings. The fourth-order valence-corrected chi connectivity index (χ4v) is 5.42. The Labute approximate surface area is 188 Å². The van der Waals surface area contributed by atoms with Gasteiger partial charge in [-0.05, 0) is 32.6 Å². The monoisotopic (exact) mass is 443 g/mol. The van der Waals surface area contributed by atoms with Gasteiger partial charge in [-0.3, -0.25) is 0 Å². The molecule has 4 aromatic carbocycles. The molecule has 0 aliphatic heterocycles. The zero-order valence-corrected chi connectivity index (χ0v) is 19.4. The van der Waals surface area contributed by atoms with E-state index in [0.29, 0.717) is 0 Å². The van der Waals surface area contributed by atoms with Gasteiger partial charge >= 0.3 is 0 Å². The predicted octanol–water partition coefficient (Wildman–Crippen LogP) is 4.96. The standard InChI is InChI=1S/C19H18P.C5H5.C2H7N.Fe/c1-2-16-10-9-15-19(16)20(17-11-5-3-6-12-17)18-13-7-4-8-14-18;1-2-4-5-3-1;1-3-2;/h3-15H,2H2,1H3;1-5H;3H,1-2H3;/q-1;-5;;. The van der Waals surface area contributed by atoms with Gasteiger partial charge in [-0.25, -0.2) is 12.1 Å². The Kier molecular flexibility index (Phi) is 12.9. The summed E-state index contributed by atoms with van der Waals surface area (Å²) >= 11 is 0. The molecule has 0 saturated carbocycles. The summed E-state index contributed by atoms with van der Waals surface area (Å²) in [6, 6.07) is 38.5. The van der Waals surface area contributed by atoms with E-state index >= 15 is 0 Å². The number of nitrogens with one attached hydrogen (secondary N) is 1. The third kappa shape index (κ3) is 8.13. The van der Waals surface area contributed by atoms with Crippen LogP contribution in [0.5, 0.6) is 0 Å². The van der Waals surface area contributed by atoms with Gasteiger partial charge in [0.1, 0.15) is 0 Å². The summed E-state index contributed by atoms with van der Waals surface area (Å²) in [4.78, 5) is 0. The van der Waals surface area contributed by atoms with Crippen molar-refractivity contribution in [3.63, 3.8) is 0 Å². The maximum atomic E-state index is 2.75. The number of benzene rings is 2. The summed E-state index contributed by atoms with van der Waals surface area (Å²) in [5.41, 5.74) is 1.48. The molecule has 0 aliphatic rings. The van der Waals surface area contributed by atoms with Crippen molar-refractivity contribution < 1.29 is 17.1 Å². The largest absolute Gasteiger partial charge is 0.748 e. The third-order valence-electron chi connectivity index (χ3n) is 4.09. The van der Waals surface area contributed by atoms with Crippen molar-refractivity contribution >= 4 is 23.8 Å². The van der Waals surface area contributed by atoms with E-state index in [1.54, 1.807) is 0 Å². The van der Waals surface area contributed by atoms with Crippen LogP contribution in [0, 0.1) is 0 Å². The minimum absolute atomic E-state index is 0. The van der Waals surface area contributed by atoms with Crippen LogP contribution in [0.2, 0.25) is 0 Å². The van der Waals surface area contributed by atoms with Crippen LogP contribution in [0.1, 0.15) is 12.5 Å². The van der Waals surface area contributed by atoms with Crippen molar-refractivity contribution in [1.82, 2.24) is 5.32 Å². The van der Waals surface area contributed by atoms with E-state index in [9.17, 15) is 0 Å². The van der Waals surface area contributed by atoms with Crippen LogP contribution in [0.4, 0.5) is 0 Å². The van der Waals surface area contributed by atoms with Gasteiger partial charge in [-0.2, -0.15) is 6.07 Å². The molecule has 0 fully saturated rings. The molecule has 0 heterocycles. The van der Waals surface area contributed by atoms with E-state index in [1.807, 2.05) is 44.4 Å². The Morgan fingerprint density at radius 2 is 1.14 bits per heavy atom.